The van der Waals surface area contributed by atoms with Gasteiger partial charge in [0.1, 0.15) is 5.82 Å². The highest BCUT2D eigenvalue weighted by Crippen LogP contribution is 2.19. The molecule has 0 spiro atoms. The Balaban J connectivity index is 2.59. The lowest BCUT2D eigenvalue weighted by molar-refractivity contribution is -0.121. The first-order chi connectivity index (χ1) is 8.52. The van der Waals surface area contributed by atoms with Crippen molar-refractivity contribution in [2.24, 2.45) is 11.7 Å². The minimum atomic E-state index is -0.298. The lowest BCUT2D eigenvalue weighted by Crippen LogP contribution is -2.30. The summed E-state index contributed by atoms with van der Waals surface area (Å²) in [5.74, 6) is -0.0516. The zero-order valence-electron chi connectivity index (χ0n) is 10.9. The summed E-state index contributed by atoms with van der Waals surface area (Å²) < 4.78 is 13.1. The van der Waals surface area contributed by atoms with Gasteiger partial charge in [0, 0.05) is 18.9 Å². The maximum atomic E-state index is 13.1. The number of nitrogens with one attached hydrogen (secondary N) is 1. The zero-order valence-corrected chi connectivity index (χ0v) is 10.9. The second-order valence-electron chi connectivity index (χ2n) is 4.89. The third kappa shape index (κ3) is 4.84. The van der Waals surface area contributed by atoms with Gasteiger partial charge in [0.15, 0.2) is 0 Å². The predicted octanol–water partition coefficient (Wildman–Crippen LogP) is 2.03. The van der Waals surface area contributed by atoms with Crippen LogP contribution >= 0.6 is 0 Å². The van der Waals surface area contributed by atoms with E-state index in [1.165, 1.54) is 12.1 Å². The fourth-order valence-corrected chi connectivity index (χ4v) is 1.71. The van der Waals surface area contributed by atoms with Gasteiger partial charge in [0.05, 0.1) is 0 Å². The highest BCUT2D eigenvalue weighted by molar-refractivity contribution is 5.76. The SMILES string of the molecule is CC(C)CNC(=O)CC(CN)c1cccc(F)c1. The minimum Gasteiger partial charge on any atom is -0.356 e. The van der Waals surface area contributed by atoms with E-state index in [4.69, 9.17) is 5.73 Å². The number of hydrogen-bond acceptors (Lipinski definition) is 2. The highest BCUT2D eigenvalue weighted by Gasteiger charge is 2.15. The van der Waals surface area contributed by atoms with E-state index in [-0.39, 0.29) is 17.6 Å². The van der Waals surface area contributed by atoms with E-state index in [1.807, 2.05) is 13.8 Å². The molecule has 1 atom stereocenters. The summed E-state index contributed by atoms with van der Waals surface area (Å²) in [7, 11) is 0. The second kappa shape index (κ2) is 7.11. The molecule has 0 aromatic heterocycles. The molecule has 0 saturated heterocycles. The van der Waals surface area contributed by atoms with E-state index >= 15 is 0 Å². The molecule has 0 aliphatic rings. The minimum absolute atomic E-state index is 0.0385. The van der Waals surface area contributed by atoms with Crippen LogP contribution in [0.5, 0.6) is 0 Å². The van der Waals surface area contributed by atoms with Crippen LogP contribution in [0.3, 0.4) is 0 Å². The second-order valence-corrected chi connectivity index (χ2v) is 4.89. The standard InChI is InChI=1S/C14H21FN2O/c1-10(2)9-17-14(18)7-12(8-16)11-4-3-5-13(15)6-11/h3-6,10,12H,7-9,16H2,1-2H3,(H,17,18). The number of rotatable bonds is 6. The normalized spacial score (nSPS) is 12.5. The largest absolute Gasteiger partial charge is 0.356 e. The van der Waals surface area contributed by atoms with Crippen LogP contribution in [0.25, 0.3) is 0 Å². The van der Waals surface area contributed by atoms with Crippen LogP contribution in [0.4, 0.5) is 4.39 Å². The molecule has 1 aromatic rings. The van der Waals surface area contributed by atoms with Gasteiger partial charge in [-0.2, -0.15) is 0 Å². The van der Waals surface area contributed by atoms with Crippen molar-refractivity contribution in [3.63, 3.8) is 0 Å². The number of carbonyl (C=O) groups excluding carboxylic acids is 1. The summed E-state index contributed by atoms with van der Waals surface area (Å²) in [4.78, 5) is 11.7. The van der Waals surface area contributed by atoms with Gasteiger partial charge >= 0.3 is 0 Å². The fraction of sp³-hybridized carbons (Fsp3) is 0.500. The van der Waals surface area contributed by atoms with Crippen molar-refractivity contribution in [2.45, 2.75) is 26.2 Å². The molecule has 0 heterocycles. The van der Waals surface area contributed by atoms with Crippen LogP contribution in [0.1, 0.15) is 31.7 Å². The first-order valence-electron chi connectivity index (χ1n) is 6.25. The van der Waals surface area contributed by atoms with Gasteiger partial charge in [0.2, 0.25) is 5.91 Å². The van der Waals surface area contributed by atoms with Crippen LogP contribution in [-0.2, 0) is 4.79 Å². The van der Waals surface area contributed by atoms with Gasteiger partial charge < -0.3 is 11.1 Å². The number of halogens is 1. The monoisotopic (exact) mass is 252 g/mol. The molecular formula is C14H21FN2O. The summed E-state index contributed by atoms with van der Waals surface area (Å²) in [6.45, 7) is 5.05. The molecule has 0 fully saturated rings. The van der Waals surface area contributed by atoms with Gasteiger partial charge in [-0.1, -0.05) is 26.0 Å². The molecule has 1 amide bonds. The zero-order chi connectivity index (χ0) is 13.5. The maximum absolute atomic E-state index is 13.1. The Labute approximate surface area is 108 Å². The van der Waals surface area contributed by atoms with Crippen LogP contribution in [0.2, 0.25) is 0 Å². The maximum Gasteiger partial charge on any atom is 0.220 e. The van der Waals surface area contributed by atoms with Crippen LogP contribution in [0, 0.1) is 11.7 Å². The van der Waals surface area contributed by atoms with E-state index in [9.17, 15) is 9.18 Å². The topological polar surface area (TPSA) is 55.1 Å². The smallest absolute Gasteiger partial charge is 0.220 e. The quantitative estimate of drug-likeness (QED) is 0.814. The Bertz CT molecular complexity index is 393. The lowest BCUT2D eigenvalue weighted by atomic mass is 9.95. The fourth-order valence-electron chi connectivity index (χ4n) is 1.71. The van der Waals surface area contributed by atoms with Gasteiger partial charge in [-0.15, -0.1) is 0 Å². The Morgan fingerprint density at radius 1 is 1.44 bits per heavy atom. The molecule has 18 heavy (non-hydrogen) atoms. The molecule has 1 unspecified atom stereocenters. The number of hydrogen-bond donors (Lipinski definition) is 2. The van der Waals surface area contributed by atoms with Crippen LogP contribution in [-0.4, -0.2) is 19.0 Å². The van der Waals surface area contributed by atoms with E-state index in [0.717, 1.165) is 5.56 Å². The highest BCUT2D eigenvalue weighted by atomic mass is 19.1. The molecule has 3 nitrogen and oxygen atoms in total. The summed E-state index contributed by atoms with van der Waals surface area (Å²) >= 11 is 0. The molecule has 0 aliphatic carbocycles. The summed E-state index contributed by atoms with van der Waals surface area (Å²) in [6, 6.07) is 6.26. The molecule has 0 radical (unpaired) electrons. The number of carbonyl (C=O) groups is 1. The Hall–Kier alpha value is -1.42. The first kappa shape index (κ1) is 14.6. The van der Waals surface area contributed by atoms with E-state index in [0.29, 0.717) is 25.4 Å². The van der Waals surface area contributed by atoms with Crippen LogP contribution < -0.4 is 11.1 Å². The van der Waals surface area contributed by atoms with Gasteiger partial charge in [0.25, 0.3) is 0 Å². The Morgan fingerprint density at radius 3 is 2.72 bits per heavy atom. The number of nitrogens with two attached hydrogens (primary N) is 1. The molecule has 1 aromatic carbocycles. The Kier molecular flexibility index (Phi) is 5.78. The van der Waals surface area contributed by atoms with Crippen molar-refractivity contribution >= 4 is 5.91 Å². The number of amides is 1. The van der Waals surface area contributed by atoms with Crippen molar-refractivity contribution in [3.8, 4) is 0 Å². The third-order valence-electron chi connectivity index (χ3n) is 2.74. The molecular weight excluding hydrogens is 231 g/mol. The van der Waals surface area contributed by atoms with Crippen molar-refractivity contribution in [2.75, 3.05) is 13.1 Å². The van der Waals surface area contributed by atoms with Crippen LogP contribution in [0.15, 0.2) is 24.3 Å². The molecule has 100 valence electrons. The van der Waals surface area contributed by atoms with E-state index in [2.05, 4.69) is 5.32 Å². The lowest BCUT2D eigenvalue weighted by Gasteiger charge is -2.15. The predicted molar refractivity (Wildman–Crippen MR) is 70.7 cm³/mol. The molecule has 0 saturated carbocycles. The van der Waals surface area contributed by atoms with Crippen molar-refractivity contribution in [1.82, 2.24) is 5.32 Å². The van der Waals surface area contributed by atoms with Crippen molar-refractivity contribution in [1.29, 1.82) is 0 Å². The summed E-state index contributed by atoms with van der Waals surface area (Å²) in [5, 5.41) is 2.84. The molecule has 0 aliphatic heterocycles. The molecule has 4 heteroatoms. The summed E-state index contributed by atoms with van der Waals surface area (Å²) in [5.41, 5.74) is 6.43. The first-order valence-corrected chi connectivity index (χ1v) is 6.25. The number of benzene rings is 1. The van der Waals surface area contributed by atoms with Crippen molar-refractivity contribution in [3.05, 3.63) is 35.6 Å². The van der Waals surface area contributed by atoms with Crippen molar-refractivity contribution < 1.29 is 9.18 Å². The van der Waals surface area contributed by atoms with E-state index in [1.54, 1.807) is 12.1 Å². The van der Waals surface area contributed by atoms with Gasteiger partial charge in [-0.05, 0) is 30.2 Å². The molecule has 0 bridgehead atoms. The Morgan fingerprint density at radius 2 is 2.17 bits per heavy atom. The third-order valence-corrected chi connectivity index (χ3v) is 2.74. The van der Waals surface area contributed by atoms with E-state index < -0.39 is 0 Å². The molecule has 1 rings (SSSR count). The average molecular weight is 252 g/mol. The van der Waals surface area contributed by atoms with Gasteiger partial charge in [-0.25, -0.2) is 4.39 Å². The summed E-state index contributed by atoms with van der Waals surface area (Å²) in [6.07, 6.45) is 0.298. The average Bonchev–Trinajstić information content (AvgIpc) is 2.33. The molecule has 3 N–H and O–H groups in total. The van der Waals surface area contributed by atoms with Gasteiger partial charge in [-0.3, -0.25) is 4.79 Å².